The predicted molar refractivity (Wildman–Crippen MR) is 55.9 cm³/mol. The number of rotatable bonds is 4. The molecule has 0 radical (unpaired) electrons. The molecule has 0 aromatic heterocycles. The lowest BCUT2D eigenvalue weighted by molar-refractivity contribution is 0.282. The maximum atomic E-state index is 8.85. The van der Waals surface area contributed by atoms with Gasteiger partial charge in [-0.2, -0.15) is 5.26 Å². The molecule has 74 valence electrons. The van der Waals surface area contributed by atoms with Crippen LogP contribution >= 0.6 is 0 Å². The number of aliphatic hydroxyl groups is 1. The van der Waals surface area contributed by atoms with Crippen LogP contribution in [0.3, 0.4) is 0 Å². The molecule has 3 heteroatoms. The van der Waals surface area contributed by atoms with E-state index in [0.29, 0.717) is 6.42 Å². The lowest BCUT2D eigenvalue weighted by atomic mass is 10.2. The molecule has 1 aromatic carbocycles. The van der Waals surface area contributed by atoms with Crippen LogP contribution in [0.4, 0.5) is 5.69 Å². The summed E-state index contributed by atoms with van der Waals surface area (Å²) in [6, 6.07) is 9.78. The van der Waals surface area contributed by atoms with Gasteiger partial charge in [-0.3, -0.25) is 0 Å². The van der Waals surface area contributed by atoms with Crippen LogP contribution in [-0.4, -0.2) is 18.7 Å². The normalized spacial score (nSPS) is 9.50. The van der Waals surface area contributed by atoms with Gasteiger partial charge in [-0.05, 0) is 17.7 Å². The highest BCUT2D eigenvalue weighted by molar-refractivity contribution is 5.46. The van der Waals surface area contributed by atoms with E-state index in [1.807, 2.05) is 36.2 Å². The van der Waals surface area contributed by atoms with Crippen molar-refractivity contribution in [3.05, 3.63) is 29.8 Å². The molecule has 1 aromatic rings. The van der Waals surface area contributed by atoms with Crippen molar-refractivity contribution in [2.24, 2.45) is 0 Å². The Kier molecular flexibility index (Phi) is 3.96. The van der Waals surface area contributed by atoms with Crippen LogP contribution in [0.1, 0.15) is 12.0 Å². The monoisotopic (exact) mass is 190 g/mol. The summed E-state index contributed by atoms with van der Waals surface area (Å²) >= 11 is 0. The van der Waals surface area contributed by atoms with Crippen molar-refractivity contribution >= 4 is 5.69 Å². The summed E-state index contributed by atoms with van der Waals surface area (Å²) in [5.41, 5.74) is 1.97. The smallest absolute Gasteiger partial charge is 0.0681 e. The van der Waals surface area contributed by atoms with Crippen LogP contribution in [0.25, 0.3) is 0 Å². The fourth-order valence-corrected chi connectivity index (χ4v) is 1.20. The van der Waals surface area contributed by atoms with Gasteiger partial charge in [-0.25, -0.2) is 0 Å². The standard InChI is InChI=1S/C11H14N2O/c1-13(8-2-7-12)11-5-3-10(9-14)4-6-11/h3-6,14H,2,8-9H2,1H3. The van der Waals surface area contributed by atoms with Gasteiger partial charge in [0.2, 0.25) is 0 Å². The Labute approximate surface area is 84.2 Å². The molecule has 0 heterocycles. The average molecular weight is 190 g/mol. The number of hydrogen-bond acceptors (Lipinski definition) is 3. The van der Waals surface area contributed by atoms with E-state index < -0.39 is 0 Å². The molecular formula is C11H14N2O. The molecule has 3 nitrogen and oxygen atoms in total. The Morgan fingerprint density at radius 1 is 1.36 bits per heavy atom. The lowest BCUT2D eigenvalue weighted by Gasteiger charge is -2.17. The van der Waals surface area contributed by atoms with Crippen molar-refractivity contribution in [2.45, 2.75) is 13.0 Å². The molecule has 0 amide bonds. The van der Waals surface area contributed by atoms with Gasteiger partial charge in [0.25, 0.3) is 0 Å². The number of benzene rings is 1. The third kappa shape index (κ3) is 2.75. The van der Waals surface area contributed by atoms with Gasteiger partial charge in [0.05, 0.1) is 19.1 Å². The summed E-state index contributed by atoms with van der Waals surface area (Å²) < 4.78 is 0. The van der Waals surface area contributed by atoms with E-state index in [1.165, 1.54) is 0 Å². The lowest BCUT2D eigenvalue weighted by Crippen LogP contribution is -2.17. The second kappa shape index (κ2) is 5.25. The van der Waals surface area contributed by atoms with E-state index in [-0.39, 0.29) is 6.61 Å². The van der Waals surface area contributed by atoms with E-state index in [1.54, 1.807) is 0 Å². The average Bonchev–Trinajstić information content (AvgIpc) is 2.26. The zero-order valence-electron chi connectivity index (χ0n) is 8.27. The van der Waals surface area contributed by atoms with Gasteiger partial charge < -0.3 is 10.0 Å². The molecule has 1 N–H and O–H groups in total. The molecule has 0 aliphatic heterocycles. The molecule has 0 atom stereocenters. The Bertz CT molecular complexity index is 313. The van der Waals surface area contributed by atoms with E-state index in [9.17, 15) is 0 Å². The maximum Gasteiger partial charge on any atom is 0.0681 e. The molecular weight excluding hydrogens is 176 g/mol. The molecule has 1 rings (SSSR count). The number of nitriles is 1. The first kappa shape index (κ1) is 10.6. The van der Waals surface area contributed by atoms with Gasteiger partial charge in [0, 0.05) is 19.3 Å². The molecule has 0 aliphatic carbocycles. The summed E-state index contributed by atoms with van der Waals surface area (Å²) in [4.78, 5) is 2.02. The SMILES string of the molecule is CN(CCC#N)c1ccc(CO)cc1. The first-order valence-electron chi connectivity index (χ1n) is 4.56. The van der Waals surface area contributed by atoms with Crippen LogP contribution < -0.4 is 4.90 Å². The zero-order chi connectivity index (χ0) is 10.4. The van der Waals surface area contributed by atoms with E-state index in [2.05, 4.69) is 6.07 Å². The van der Waals surface area contributed by atoms with Gasteiger partial charge in [-0.15, -0.1) is 0 Å². The summed E-state index contributed by atoms with van der Waals surface area (Å²) in [5.74, 6) is 0. The molecule has 0 spiro atoms. The van der Waals surface area contributed by atoms with E-state index in [0.717, 1.165) is 17.8 Å². The fraction of sp³-hybridized carbons (Fsp3) is 0.364. The van der Waals surface area contributed by atoms with Crippen LogP contribution in [0.2, 0.25) is 0 Å². The Balaban J connectivity index is 2.62. The molecule has 0 saturated carbocycles. The van der Waals surface area contributed by atoms with Gasteiger partial charge in [-0.1, -0.05) is 12.1 Å². The molecule has 0 fully saturated rings. The number of hydrogen-bond donors (Lipinski definition) is 1. The molecule has 0 unspecified atom stereocenters. The largest absolute Gasteiger partial charge is 0.392 e. The van der Waals surface area contributed by atoms with Crippen molar-refractivity contribution in [1.82, 2.24) is 0 Å². The topological polar surface area (TPSA) is 47.3 Å². The Hall–Kier alpha value is -1.53. The molecule has 0 saturated heterocycles. The van der Waals surface area contributed by atoms with Crippen molar-refractivity contribution in [3.63, 3.8) is 0 Å². The minimum Gasteiger partial charge on any atom is -0.392 e. The number of aliphatic hydroxyl groups excluding tert-OH is 1. The summed E-state index contributed by atoms with van der Waals surface area (Å²) in [6.45, 7) is 0.803. The third-order valence-corrected chi connectivity index (χ3v) is 2.12. The Morgan fingerprint density at radius 3 is 2.50 bits per heavy atom. The van der Waals surface area contributed by atoms with Crippen LogP contribution in [0.15, 0.2) is 24.3 Å². The summed E-state index contributed by atoms with van der Waals surface area (Å²) in [5, 5.41) is 17.3. The third-order valence-electron chi connectivity index (χ3n) is 2.12. The minimum atomic E-state index is 0.0716. The van der Waals surface area contributed by atoms with Gasteiger partial charge in [0.15, 0.2) is 0 Å². The van der Waals surface area contributed by atoms with Gasteiger partial charge in [0.1, 0.15) is 0 Å². The minimum absolute atomic E-state index is 0.0716. The molecule has 14 heavy (non-hydrogen) atoms. The molecule has 0 aliphatic rings. The van der Waals surface area contributed by atoms with E-state index in [4.69, 9.17) is 10.4 Å². The first-order valence-corrected chi connectivity index (χ1v) is 4.56. The number of nitrogens with zero attached hydrogens (tertiary/aromatic N) is 2. The fourth-order valence-electron chi connectivity index (χ4n) is 1.20. The number of anilines is 1. The summed E-state index contributed by atoms with van der Waals surface area (Å²) in [7, 11) is 1.95. The summed E-state index contributed by atoms with van der Waals surface area (Å²) in [6.07, 6.45) is 0.526. The quantitative estimate of drug-likeness (QED) is 0.783. The van der Waals surface area contributed by atoms with Gasteiger partial charge >= 0.3 is 0 Å². The highest BCUT2D eigenvalue weighted by Crippen LogP contribution is 2.13. The Morgan fingerprint density at radius 2 is 2.00 bits per heavy atom. The van der Waals surface area contributed by atoms with Crippen LogP contribution in [-0.2, 0) is 6.61 Å². The van der Waals surface area contributed by atoms with Crippen LogP contribution in [0.5, 0.6) is 0 Å². The van der Waals surface area contributed by atoms with Crippen molar-refractivity contribution < 1.29 is 5.11 Å². The highest BCUT2D eigenvalue weighted by Gasteiger charge is 1.99. The van der Waals surface area contributed by atoms with Crippen molar-refractivity contribution in [2.75, 3.05) is 18.5 Å². The predicted octanol–water partition coefficient (Wildman–Crippen LogP) is 1.53. The van der Waals surface area contributed by atoms with Crippen LogP contribution in [0, 0.1) is 11.3 Å². The zero-order valence-corrected chi connectivity index (χ0v) is 8.27. The molecule has 0 bridgehead atoms. The second-order valence-corrected chi connectivity index (χ2v) is 3.15. The maximum absolute atomic E-state index is 8.85. The first-order chi connectivity index (χ1) is 6.77. The van der Waals surface area contributed by atoms with Crippen molar-refractivity contribution in [1.29, 1.82) is 5.26 Å². The van der Waals surface area contributed by atoms with Crippen molar-refractivity contribution in [3.8, 4) is 6.07 Å². The highest BCUT2D eigenvalue weighted by atomic mass is 16.3. The second-order valence-electron chi connectivity index (χ2n) is 3.15. The van der Waals surface area contributed by atoms with E-state index >= 15 is 0 Å².